The van der Waals surface area contributed by atoms with Crippen molar-refractivity contribution >= 4 is 0 Å². The summed E-state index contributed by atoms with van der Waals surface area (Å²) in [6.45, 7) is 0.739. The van der Waals surface area contributed by atoms with Gasteiger partial charge >= 0.3 is 0 Å². The first-order valence-electron chi connectivity index (χ1n) is 5.26. The molecule has 0 heterocycles. The van der Waals surface area contributed by atoms with Gasteiger partial charge in [-0.3, -0.25) is 0 Å². The van der Waals surface area contributed by atoms with Crippen molar-refractivity contribution in [1.29, 1.82) is 0 Å². The first kappa shape index (κ1) is 13.0. The topological polar surface area (TPSA) is 58.7 Å². The fourth-order valence-corrected chi connectivity index (χ4v) is 1.60. The molecule has 4 nitrogen and oxygen atoms in total. The van der Waals surface area contributed by atoms with Gasteiger partial charge in [-0.1, -0.05) is 6.07 Å². The first-order valence-corrected chi connectivity index (χ1v) is 5.26. The van der Waals surface area contributed by atoms with E-state index in [1.54, 1.807) is 7.11 Å². The van der Waals surface area contributed by atoms with E-state index >= 15 is 0 Å². The van der Waals surface area contributed by atoms with E-state index in [1.807, 2.05) is 32.3 Å². The largest absolute Gasteiger partial charge is 0.496 e. The lowest BCUT2D eigenvalue weighted by Gasteiger charge is -2.16. The highest BCUT2D eigenvalue weighted by molar-refractivity contribution is 5.38. The van der Waals surface area contributed by atoms with Crippen LogP contribution in [0.5, 0.6) is 5.75 Å². The van der Waals surface area contributed by atoms with E-state index < -0.39 is 0 Å². The lowest BCUT2D eigenvalue weighted by molar-refractivity contribution is 0.267. The molecule has 90 valence electrons. The van der Waals surface area contributed by atoms with Crippen LogP contribution in [0.2, 0.25) is 0 Å². The smallest absolute Gasteiger partial charge is 0.123 e. The lowest BCUT2D eigenvalue weighted by Crippen LogP contribution is -2.16. The van der Waals surface area contributed by atoms with Gasteiger partial charge in [-0.15, -0.1) is 0 Å². The molecule has 0 aliphatic carbocycles. The van der Waals surface area contributed by atoms with Crippen LogP contribution in [-0.2, 0) is 6.54 Å². The van der Waals surface area contributed by atoms with Gasteiger partial charge in [0.2, 0.25) is 0 Å². The molecule has 1 atom stereocenters. The van der Waals surface area contributed by atoms with Gasteiger partial charge in [0.25, 0.3) is 0 Å². The monoisotopic (exact) mass is 224 g/mol. The van der Waals surface area contributed by atoms with Crippen LogP contribution >= 0.6 is 0 Å². The average molecular weight is 224 g/mol. The Morgan fingerprint density at radius 1 is 1.44 bits per heavy atom. The molecule has 0 fully saturated rings. The summed E-state index contributed by atoms with van der Waals surface area (Å²) in [7, 11) is 5.65. The number of hydrogen-bond donors (Lipinski definition) is 2. The van der Waals surface area contributed by atoms with Crippen molar-refractivity contribution in [3.05, 3.63) is 29.3 Å². The molecule has 1 aromatic rings. The van der Waals surface area contributed by atoms with Crippen LogP contribution in [0, 0.1) is 0 Å². The molecule has 0 aliphatic heterocycles. The predicted octanol–water partition coefficient (Wildman–Crippen LogP) is 0.749. The zero-order valence-corrected chi connectivity index (χ0v) is 10.1. The maximum absolute atomic E-state index is 9.02. The Morgan fingerprint density at radius 3 is 2.62 bits per heavy atom. The highest BCUT2D eigenvalue weighted by Crippen LogP contribution is 2.23. The molecule has 3 N–H and O–H groups in total. The highest BCUT2D eigenvalue weighted by atomic mass is 16.5. The molecule has 0 amide bonds. The molecule has 0 saturated carbocycles. The third-order valence-corrected chi connectivity index (χ3v) is 2.42. The maximum atomic E-state index is 9.02. The van der Waals surface area contributed by atoms with Gasteiger partial charge in [0.1, 0.15) is 5.75 Å². The van der Waals surface area contributed by atoms with Crippen molar-refractivity contribution in [2.24, 2.45) is 5.73 Å². The Bertz CT molecular complexity index is 340. The Morgan fingerprint density at radius 2 is 2.12 bits per heavy atom. The van der Waals surface area contributed by atoms with E-state index in [0.717, 1.165) is 23.4 Å². The molecular formula is C12H20N2O2. The van der Waals surface area contributed by atoms with E-state index in [4.69, 9.17) is 15.6 Å². The Kier molecular flexibility index (Phi) is 4.73. The van der Waals surface area contributed by atoms with Crippen LogP contribution < -0.4 is 10.5 Å². The molecule has 0 unspecified atom stereocenters. The van der Waals surface area contributed by atoms with Gasteiger partial charge in [0.05, 0.1) is 19.8 Å². The van der Waals surface area contributed by atoms with E-state index in [0.29, 0.717) is 0 Å². The SMILES string of the molecule is COc1ccc([C@H](N)CO)cc1CN(C)C. The molecule has 4 heteroatoms. The van der Waals surface area contributed by atoms with E-state index in [2.05, 4.69) is 4.90 Å². The maximum Gasteiger partial charge on any atom is 0.123 e. The van der Waals surface area contributed by atoms with Gasteiger partial charge < -0.3 is 20.5 Å². The standard InChI is InChI=1S/C12H20N2O2/c1-14(2)7-10-6-9(11(13)8-15)4-5-12(10)16-3/h4-6,11,15H,7-8,13H2,1-3H3/t11-/m1/s1. The van der Waals surface area contributed by atoms with Gasteiger partial charge in [-0.05, 0) is 31.8 Å². The molecule has 0 bridgehead atoms. The third-order valence-electron chi connectivity index (χ3n) is 2.42. The number of benzene rings is 1. The van der Waals surface area contributed by atoms with E-state index in [-0.39, 0.29) is 12.6 Å². The van der Waals surface area contributed by atoms with Crippen LogP contribution in [0.3, 0.4) is 0 Å². The van der Waals surface area contributed by atoms with Gasteiger partial charge in [-0.25, -0.2) is 0 Å². The summed E-state index contributed by atoms with van der Waals surface area (Å²) in [5.74, 6) is 0.850. The Labute approximate surface area is 96.6 Å². The van der Waals surface area contributed by atoms with Crippen molar-refractivity contribution in [2.45, 2.75) is 12.6 Å². The van der Waals surface area contributed by atoms with Gasteiger partial charge in [-0.2, -0.15) is 0 Å². The van der Waals surface area contributed by atoms with Crippen LogP contribution in [0.25, 0.3) is 0 Å². The molecule has 0 saturated heterocycles. The second-order valence-electron chi connectivity index (χ2n) is 4.10. The van der Waals surface area contributed by atoms with Crippen molar-refractivity contribution in [2.75, 3.05) is 27.8 Å². The molecule has 0 radical (unpaired) electrons. The summed E-state index contributed by atoms with van der Waals surface area (Å²) in [5, 5.41) is 9.02. The van der Waals surface area contributed by atoms with Crippen molar-refractivity contribution in [3.63, 3.8) is 0 Å². The second kappa shape index (κ2) is 5.84. The molecule has 0 spiro atoms. The molecule has 0 aromatic heterocycles. The molecule has 0 aliphatic rings. The number of nitrogens with zero attached hydrogens (tertiary/aromatic N) is 1. The second-order valence-corrected chi connectivity index (χ2v) is 4.10. The summed E-state index contributed by atoms with van der Waals surface area (Å²) >= 11 is 0. The van der Waals surface area contributed by atoms with E-state index in [1.165, 1.54) is 0 Å². The number of methoxy groups -OCH3 is 1. The lowest BCUT2D eigenvalue weighted by atomic mass is 10.0. The first-order chi connectivity index (χ1) is 7.58. The fraction of sp³-hybridized carbons (Fsp3) is 0.500. The zero-order valence-electron chi connectivity index (χ0n) is 10.1. The third kappa shape index (κ3) is 3.20. The molecular weight excluding hydrogens is 204 g/mol. The summed E-state index contributed by atoms with van der Waals surface area (Å²) in [6.07, 6.45) is 0. The fourth-order valence-electron chi connectivity index (χ4n) is 1.60. The summed E-state index contributed by atoms with van der Waals surface area (Å²) in [5.41, 5.74) is 7.79. The average Bonchev–Trinajstić information content (AvgIpc) is 2.27. The number of ether oxygens (including phenoxy) is 1. The van der Waals surface area contributed by atoms with Crippen LogP contribution in [-0.4, -0.2) is 37.8 Å². The summed E-state index contributed by atoms with van der Waals surface area (Å²) in [4.78, 5) is 2.06. The zero-order chi connectivity index (χ0) is 12.1. The minimum Gasteiger partial charge on any atom is -0.496 e. The molecule has 1 aromatic carbocycles. The van der Waals surface area contributed by atoms with Crippen molar-refractivity contribution in [3.8, 4) is 5.75 Å². The van der Waals surface area contributed by atoms with Crippen molar-refractivity contribution < 1.29 is 9.84 Å². The van der Waals surface area contributed by atoms with Crippen LogP contribution in [0.1, 0.15) is 17.2 Å². The minimum absolute atomic E-state index is 0.0479. The summed E-state index contributed by atoms with van der Waals surface area (Å²) < 4.78 is 5.28. The number of aliphatic hydroxyl groups is 1. The Balaban J connectivity index is 3.00. The van der Waals surface area contributed by atoms with E-state index in [9.17, 15) is 0 Å². The predicted molar refractivity (Wildman–Crippen MR) is 64.4 cm³/mol. The normalized spacial score (nSPS) is 12.9. The number of aliphatic hydroxyl groups excluding tert-OH is 1. The van der Waals surface area contributed by atoms with Crippen molar-refractivity contribution in [1.82, 2.24) is 4.90 Å². The summed E-state index contributed by atoms with van der Waals surface area (Å²) in [6, 6.07) is 5.44. The number of nitrogens with two attached hydrogens (primary N) is 1. The number of rotatable bonds is 5. The molecule has 1 rings (SSSR count). The van der Waals surface area contributed by atoms with Crippen LogP contribution in [0.15, 0.2) is 18.2 Å². The highest BCUT2D eigenvalue weighted by Gasteiger charge is 2.09. The Hall–Kier alpha value is -1.10. The minimum atomic E-state index is -0.327. The van der Waals surface area contributed by atoms with Crippen LogP contribution in [0.4, 0.5) is 0 Å². The molecule has 16 heavy (non-hydrogen) atoms. The van der Waals surface area contributed by atoms with Gasteiger partial charge in [0.15, 0.2) is 0 Å². The quantitative estimate of drug-likeness (QED) is 0.775. The number of hydrogen-bond acceptors (Lipinski definition) is 4. The van der Waals surface area contributed by atoms with Gasteiger partial charge in [0, 0.05) is 12.1 Å².